The summed E-state index contributed by atoms with van der Waals surface area (Å²) in [6.45, 7) is 3.67. The van der Waals surface area contributed by atoms with Crippen LogP contribution in [0.5, 0.6) is 0 Å². The number of carbonyl (C=O) groups excluding carboxylic acids is 2. The molecule has 2 heterocycles. The number of amides is 2. The van der Waals surface area contributed by atoms with Crippen molar-refractivity contribution in [3.8, 4) is 0 Å². The summed E-state index contributed by atoms with van der Waals surface area (Å²) in [6.07, 6.45) is 2.91. The maximum Gasteiger partial charge on any atom is 0.307 e. The van der Waals surface area contributed by atoms with Crippen molar-refractivity contribution in [1.82, 2.24) is 4.90 Å². The first-order chi connectivity index (χ1) is 12.5. The highest BCUT2D eigenvalue weighted by Gasteiger charge is 2.30. The summed E-state index contributed by atoms with van der Waals surface area (Å²) >= 11 is 0. The topological polar surface area (TPSA) is 90.0 Å². The quantitative estimate of drug-likeness (QED) is 0.798. The Balaban J connectivity index is 0.00000261. The molecule has 0 radical (unpaired) electrons. The van der Waals surface area contributed by atoms with Crippen molar-refractivity contribution in [2.75, 3.05) is 29.9 Å². The van der Waals surface area contributed by atoms with E-state index >= 15 is 0 Å². The summed E-state index contributed by atoms with van der Waals surface area (Å²) in [5.41, 5.74) is 1.52. The Bertz CT molecular complexity index is 695. The molecule has 7 nitrogen and oxygen atoms in total. The number of nitrogens with zero attached hydrogens (tertiary/aromatic N) is 2. The highest BCUT2D eigenvalue weighted by atomic mass is 35.5. The van der Waals surface area contributed by atoms with Crippen LogP contribution >= 0.6 is 12.4 Å². The summed E-state index contributed by atoms with van der Waals surface area (Å²) in [5.74, 6) is -1.22. The van der Waals surface area contributed by atoms with Crippen molar-refractivity contribution in [2.45, 2.75) is 38.6 Å². The number of aliphatic carboxylic acids is 1. The number of benzene rings is 1. The number of hydrogen-bond donors (Lipinski definition) is 2. The second-order valence-corrected chi connectivity index (χ2v) is 7.03. The summed E-state index contributed by atoms with van der Waals surface area (Å²) in [4.78, 5) is 39.2. The number of anilines is 2. The molecule has 1 aromatic rings. The summed E-state index contributed by atoms with van der Waals surface area (Å²) in [7, 11) is 0. The van der Waals surface area contributed by atoms with Gasteiger partial charge in [-0.1, -0.05) is 0 Å². The van der Waals surface area contributed by atoms with E-state index in [0.717, 1.165) is 31.6 Å². The third-order valence-electron chi connectivity index (χ3n) is 5.25. The van der Waals surface area contributed by atoms with E-state index in [1.54, 1.807) is 24.0 Å². The van der Waals surface area contributed by atoms with Crippen LogP contribution in [-0.2, 0) is 14.4 Å². The molecule has 0 saturated carbocycles. The van der Waals surface area contributed by atoms with Crippen LogP contribution in [0.4, 0.5) is 11.4 Å². The van der Waals surface area contributed by atoms with Crippen LogP contribution in [0.1, 0.15) is 32.6 Å². The number of carboxylic acids is 1. The molecule has 2 unspecified atom stereocenters. The fraction of sp³-hybridized carbons (Fsp3) is 0.526. The number of piperidine rings is 1. The molecule has 8 heteroatoms. The van der Waals surface area contributed by atoms with E-state index in [4.69, 9.17) is 0 Å². The minimum absolute atomic E-state index is 0. The van der Waals surface area contributed by atoms with E-state index in [2.05, 4.69) is 5.32 Å². The molecular formula is C19H26ClN3O4. The Morgan fingerprint density at radius 2 is 1.89 bits per heavy atom. The minimum atomic E-state index is -0.797. The molecule has 2 aliphatic heterocycles. The number of carbonyl (C=O) groups is 3. The Hall–Kier alpha value is -2.12. The number of halogens is 1. The van der Waals surface area contributed by atoms with Crippen LogP contribution in [0.3, 0.4) is 0 Å². The minimum Gasteiger partial charge on any atom is -0.481 e. The van der Waals surface area contributed by atoms with Gasteiger partial charge in [0, 0.05) is 30.9 Å². The van der Waals surface area contributed by atoms with Gasteiger partial charge in [-0.3, -0.25) is 19.3 Å². The molecule has 2 aliphatic rings. The molecule has 0 bridgehead atoms. The van der Waals surface area contributed by atoms with Gasteiger partial charge in [-0.15, -0.1) is 12.4 Å². The van der Waals surface area contributed by atoms with E-state index in [9.17, 15) is 19.5 Å². The number of nitrogens with one attached hydrogen (secondary N) is 1. The number of rotatable bonds is 5. The van der Waals surface area contributed by atoms with Crippen molar-refractivity contribution in [1.29, 1.82) is 0 Å². The lowest BCUT2D eigenvalue weighted by atomic mass is 9.97. The largest absolute Gasteiger partial charge is 0.481 e. The van der Waals surface area contributed by atoms with Gasteiger partial charge in [0.25, 0.3) is 0 Å². The van der Waals surface area contributed by atoms with Crippen molar-refractivity contribution < 1.29 is 19.5 Å². The zero-order chi connectivity index (χ0) is 18.7. The van der Waals surface area contributed by atoms with Crippen molar-refractivity contribution in [3.05, 3.63) is 24.3 Å². The summed E-state index contributed by atoms with van der Waals surface area (Å²) in [5, 5.41) is 12.1. The van der Waals surface area contributed by atoms with Crippen molar-refractivity contribution in [3.63, 3.8) is 0 Å². The second-order valence-electron chi connectivity index (χ2n) is 7.03. The molecule has 1 aromatic carbocycles. The zero-order valence-corrected chi connectivity index (χ0v) is 16.2. The van der Waals surface area contributed by atoms with Gasteiger partial charge >= 0.3 is 5.97 Å². The van der Waals surface area contributed by atoms with E-state index < -0.39 is 17.9 Å². The van der Waals surface area contributed by atoms with E-state index in [1.165, 1.54) is 0 Å². The predicted octanol–water partition coefficient (Wildman–Crippen LogP) is 2.36. The molecule has 0 spiro atoms. The van der Waals surface area contributed by atoms with Crippen LogP contribution in [0, 0.1) is 5.92 Å². The van der Waals surface area contributed by atoms with Crippen LogP contribution in [0.25, 0.3) is 0 Å². The van der Waals surface area contributed by atoms with Crippen LogP contribution in [-0.4, -0.2) is 53.5 Å². The molecule has 27 heavy (non-hydrogen) atoms. The monoisotopic (exact) mass is 395 g/mol. The SMILES string of the molecule is CC(C(=O)Nc1ccc(N2CCCC2=O)cc1)N1CCCC(C(=O)O)C1.Cl. The van der Waals surface area contributed by atoms with Gasteiger partial charge < -0.3 is 15.3 Å². The van der Waals surface area contributed by atoms with Crippen LogP contribution in [0.2, 0.25) is 0 Å². The number of carboxylic acid groups (broad SMARTS) is 1. The first kappa shape index (κ1) is 21.2. The van der Waals surface area contributed by atoms with Gasteiger partial charge in [-0.25, -0.2) is 0 Å². The van der Waals surface area contributed by atoms with Crippen molar-refractivity contribution >= 4 is 41.6 Å². The standard InChI is InChI=1S/C19H25N3O4.ClH/c1-13(21-10-2-4-14(12-21)19(25)26)18(24)20-15-6-8-16(9-7-15)22-11-3-5-17(22)23;/h6-9,13-14H,2-5,10-12H2,1H3,(H,20,24)(H,25,26);1H. The lowest BCUT2D eigenvalue weighted by Crippen LogP contribution is -2.48. The van der Waals surface area contributed by atoms with Gasteiger partial charge in [0.2, 0.25) is 11.8 Å². The lowest BCUT2D eigenvalue weighted by molar-refractivity contribution is -0.144. The van der Waals surface area contributed by atoms with E-state index in [0.29, 0.717) is 25.1 Å². The smallest absolute Gasteiger partial charge is 0.307 e. The highest BCUT2D eigenvalue weighted by Crippen LogP contribution is 2.24. The van der Waals surface area contributed by atoms with Crippen LogP contribution in [0.15, 0.2) is 24.3 Å². The van der Waals surface area contributed by atoms with Gasteiger partial charge in [0.15, 0.2) is 0 Å². The van der Waals surface area contributed by atoms with Crippen LogP contribution < -0.4 is 10.2 Å². The van der Waals surface area contributed by atoms with Gasteiger partial charge in [0.1, 0.15) is 0 Å². The molecule has 2 saturated heterocycles. The third kappa shape index (κ3) is 4.99. The molecule has 0 aromatic heterocycles. The molecule has 2 amide bonds. The molecule has 148 valence electrons. The molecule has 2 fully saturated rings. The fourth-order valence-corrected chi connectivity index (χ4v) is 3.62. The highest BCUT2D eigenvalue weighted by molar-refractivity contribution is 5.97. The Kier molecular flexibility index (Phi) is 7.21. The number of hydrogen-bond acceptors (Lipinski definition) is 4. The van der Waals surface area contributed by atoms with Gasteiger partial charge in [-0.05, 0) is 57.0 Å². The summed E-state index contributed by atoms with van der Waals surface area (Å²) in [6, 6.07) is 6.87. The average Bonchev–Trinajstić information content (AvgIpc) is 3.07. The molecule has 2 atom stereocenters. The first-order valence-electron chi connectivity index (χ1n) is 9.14. The molecule has 2 N–H and O–H groups in total. The first-order valence-corrected chi connectivity index (χ1v) is 9.14. The van der Waals surface area contributed by atoms with Crippen molar-refractivity contribution in [2.24, 2.45) is 5.92 Å². The Morgan fingerprint density at radius 3 is 2.48 bits per heavy atom. The number of likely N-dealkylation sites (tertiary alicyclic amines) is 1. The second kappa shape index (κ2) is 9.19. The van der Waals surface area contributed by atoms with Gasteiger partial charge in [-0.2, -0.15) is 0 Å². The zero-order valence-electron chi connectivity index (χ0n) is 15.4. The predicted molar refractivity (Wildman–Crippen MR) is 105 cm³/mol. The molecule has 0 aliphatic carbocycles. The van der Waals surface area contributed by atoms with E-state index in [-0.39, 0.29) is 24.2 Å². The molecule has 3 rings (SSSR count). The average molecular weight is 396 g/mol. The molecular weight excluding hydrogens is 370 g/mol. The Morgan fingerprint density at radius 1 is 1.19 bits per heavy atom. The Labute approximate surface area is 165 Å². The maximum atomic E-state index is 12.5. The van der Waals surface area contributed by atoms with E-state index in [1.807, 2.05) is 17.0 Å². The lowest BCUT2D eigenvalue weighted by Gasteiger charge is -2.34. The fourth-order valence-electron chi connectivity index (χ4n) is 3.62. The van der Waals surface area contributed by atoms with Gasteiger partial charge in [0.05, 0.1) is 12.0 Å². The normalized spacial score (nSPS) is 21.4. The maximum absolute atomic E-state index is 12.5. The third-order valence-corrected chi connectivity index (χ3v) is 5.25. The summed E-state index contributed by atoms with van der Waals surface area (Å²) < 4.78 is 0.